The SMILES string of the molecule is C/C=C/CC/C=C/CC/C=C/CCCC(O)C(O)C(COP(=O)([O-])OCC[N+](C)(C)C)NC(=O)CCCCCC/C=C\C/C=C\C/C=C\C/C=C\CC. The molecule has 3 N–H and O–H groups in total. The number of hydrogen-bond donors (Lipinski definition) is 3. The predicted octanol–water partition coefficient (Wildman–Crippen LogP) is 8.97. The molecule has 0 fully saturated rings. The van der Waals surface area contributed by atoms with Gasteiger partial charge in [0.2, 0.25) is 5.91 Å². The summed E-state index contributed by atoms with van der Waals surface area (Å²) in [5.74, 6) is -0.325. The third-order valence-electron chi connectivity index (χ3n) is 8.26. The van der Waals surface area contributed by atoms with E-state index in [1.165, 1.54) is 0 Å². The molecule has 0 saturated carbocycles. The number of aliphatic hydroxyl groups excluding tert-OH is 2. The monoisotopic (exact) mass is 763 g/mol. The first kappa shape index (κ1) is 50.6. The lowest BCUT2D eigenvalue weighted by molar-refractivity contribution is -0.870. The van der Waals surface area contributed by atoms with Crippen LogP contribution in [0.2, 0.25) is 0 Å². The van der Waals surface area contributed by atoms with Crippen molar-refractivity contribution in [1.29, 1.82) is 0 Å². The van der Waals surface area contributed by atoms with E-state index >= 15 is 0 Å². The number of likely N-dealkylation sites (N-methyl/N-ethyl adjacent to an activating group) is 1. The fourth-order valence-electron chi connectivity index (χ4n) is 5.05. The standard InChI is InChI=1S/C43H75N2O7P/c1-6-8-10-12-14-16-18-20-21-22-23-24-26-28-30-32-34-36-42(47)44-40(39-52-53(49,50)51-38-37-45(3,4)5)43(48)41(46)35-33-31-29-27-25-19-17-15-13-11-9-7-2/h7-10,14-17,20-21,23-24,27,29,40-41,43,46,48H,6,11-13,18-19,22,25-26,28,30-39H2,1-5H3,(H-,44,47,49,50)/b9-7+,10-8-,16-14-,17-15+,21-20-,24-23-,29-27+. The zero-order chi connectivity index (χ0) is 39.5. The van der Waals surface area contributed by atoms with Crippen LogP contribution in [0.1, 0.15) is 123 Å². The van der Waals surface area contributed by atoms with Crippen LogP contribution in [-0.4, -0.2) is 79.8 Å². The molecule has 4 atom stereocenters. The molecule has 9 nitrogen and oxygen atoms in total. The van der Waals surface area contributed by atoms with Crippen LogP contribution in [0.3, 0.4) is 0 Å². The number of phosphoric acid groups is 1. The molecular formula is C43H75N2O7P. The van der Waals surface area contributed by atoms with E-state index in [2.05, 4.69) is 97.3 Å². The van der Waals surface area contributed by atoms with Crippen molar-refractivity contribution in [2.45, 2.75) is 141 Å². The molecule has 0 aliphatic heterocycles. The van der Waals surface area contributed by atoms with Crippen LogP contribution in [0.5, 0.6) is 0 Å². The highest BCUT2D eigenvalue weighted by molar-refractivity contribution is 7.45. The van der Waals surface area contributed by atoms with Gasteiger partial charge in [-0.3, -0.25) is 9.36 Å². The van der Waals surface area contributed by atoms with Gasteiger partial charge in [-0.05, 0) is 96.8 Å². The van der Waals surface area contributed by atoms with E-state index in [1.807, 2.05) is 28.1 Å². The molecule has 304 valence electrons. The molecule has 0 heterocycles. The highest BCUT2D eigenvalue weighted by Crippen LogP contribution is 2.38. The number of quaternary nitrogens is 1. The van der Waals surface area contributed by atoms with Crippen molar-refractivity contribution < 1.29 is 38.0 Å². The van der Waals surface area contributed by atoms with Crippen molar-refractivity contribution in [3.8, 4) is 0 Å². The zero-order valence-electron chi connectivity index (χ0n) is 33.8. The summed E-state index contributed by atoms with van der Waals surface area (Å²) in [4.78, 5) is 25.3. The van der Waals surface area contributed by atoms with Gasteiger partial charge in [0, 0.05) is 6.42 Å². The Kier molecular flexibility index (Phi) is 32.6. The summed E-state index contributed by atoms with van der Waals surface area (Å²) in [6.07, 6.45) is 42.1. The Hall–Kier alpha value is -2.36. The Morgan fingerprint density at radius 1 is 0.717 bits per heavy atom. The Morgan fingerprint density at radius 2 is 1.23 bits per heavy atom. The van der Waals surface area contributed by atoms with E-state index in [1.54, 1.807) is 0 Å². The molecule has 1 amide bonds. The molecule has 10 heteroatoms. The molecule has 0 saturated heterocycles. The molecular weight excluding hydrogens is 687 g/mol. The largest absolute Gasteiger partial charge is 0.756 e. The highest BCUT2D eigenvalue weighted by atomic mass is 31.2. The number of nitrogens with one attached hydrogen (secondary N) is 1. The minimum atomic E-state index is -4.69. The zero-order valence-corrected chi connectivity index (χ0v) is 34.7. The lowest BCUT2D eigenvalue weighted by atomic mass is 10.0. The third kappa shape index (κ3) is 35.1. The number of amides is 1. The Bertz CT molecular complexity index is 1150. The molecule has 0 bridgehead atoms. The second-order valence-electron chi connectivity index (χ2n) is 14.4. The van der Waals surface area contributed by atoms with Crippen molar-refractivity contribution in [2.75, 3.05) is 40.9 Å². The van der Waals surface area contributed by atoms with E-state index < -0.39 is 32.7 Å². The average molecular weight is 763 g/mol. The van der Waals surface area contributed by atoms with Gasteiger partial charge in [0.25, 0.3) is 7.82 Å². The van der Waals surface area contributed by atoms with E-state index in [0.29, 0.717) is 23.9 Å². The second kappa shape index (κ2) is 34.2. The molecule has 0 radical (unpaired) electrons. The number of phosphoric ester groups is 1. The summed E-state index contributed by atoms with van der Waals surface area (Å²) >= 11 is 0. The summed E-state index contributed by atoms with van der Waals surface area (Å²) in [5, 5.41) is 24.5. The van der Waals surface area contributed by atoms with Crippen LogP contribution in [0.25, 0.3) is 0 Å². The maximum absolute atomic E-state index is 12.8. The lowest BCUT2D eigenvalue weighted by Gasteiger charge is -2.31. The predicted molar refractivity (Wildman–Crippen MR) is 220 cm³/mol. The molecule has 53 heavy (non-hydrogen) atoms. The maximum Gasteiger partial charge on any atom is 0.268 e. The molecule has 0 aromatic rings. The fraction of sp³-hybridized carbons (Fsp3) is 0.651. The smallest absolute Gasteiger partial charge is 0.268 e. The number of carbonyl (C=O) groups is 1. The number of hydrogen-bond acceptors (Lipinski definition) is 7. The van der Waals surface area contributed by atoms with Gasteiger partial charge in [-0.25, -0.2) is 0 Å². The van der Waals surface area contributed by atoms with Gasteiger partial charge in [-0.15, -0.1) is 0 Å². The highest BCUT2D eigenvalue weighted by Gasteiger charge is 2.29. The van der Waals surface area contributed by atoms with Gasteiger partial charge in [-0.1, -0.05) is 105 Å². The van der Waals surface area contributed by atoms with Crippen LogP contribution in [0, 0.1) is 0 Å². The number of allylic oxidation sites excluding steroid dienone is 14. The van der Waals surface area contributed by atoms with Crippen molar-refractivity contribution in [2.24, 2.45) is 0 Å². The second-order valence-corrected chi connectivity index (χ2v) is 15.8. The number of rotatable bonds is 34. The normalized spacial score (nSPS) is 16.0. The van der Waals surface area contributed by atoms with Crippen LogP contribution in [0.15, 0.2) is 85.1 Å². The van der Waals surface area contributed by atoms with Crippen molar-refractivity contribution in [3.05, 3.63) is 85.1 Å². The van der Waals surface area contributed by atoms with Crippen molar-refractivity contribution in [3.63, 3.8) is 0 Å². The van der Waals surface area contributed by atoms with Crippen LogP contribution in [0.4, 0.5) is 0 Å². The molecule has 0 aromatic heterocycles. The minimum absolute atomic E-state index is 0.0604. The van der Waals surface area contributed by atoms with Gasteiger partial charge < -0.3 is 34.0 Å². The first-order chi connectivity index (χ1) is 25.4. The summed E-state index contributed by atoms with van der Waals surface area (Å²) in [5.41, 5.74) is 0. The molecule has 4 unspecified atom stereocenters. The molecule has 0 aliphatic carbocycles. The van der Waals surface area contributed by atoms with Crippen LogP contribution in [-0.2, 0) is 18.4 Å². The van der Waals surface area contributed by atoms with Gasteiger partial charge in [0.05, 0.1) is 39.9 Å². The van der Waals surface area contributed by atoms with Gasteiger partial charge in [0.1, 0.15) is 19.3 Å². The summed E-state index contributed by atoms with van der Waals surface area (Å²) in [7, 11) is 1.05. The summed E-state index contributed by atoms with van der Waals surface area (Å²) in [6, 6.07) is -1.12. The van der Waals surface area contributed by atoms with E-state index in [4.69, 9.17) is 9.05 Å². The van der Waals surface area contributed by atoms with E-state index in [9.17, 15) is 24.5 Å². The van der Waals surface area contributed by atoms with Crippen LogP contribution >= 0.6 is 7.82 Å². The van der Waals surface area contributed by atoms with E-state index in [-0.39, 0.29) is 25.4 Å². The summed E-state index contributed by atoms with van der Waals surface area (Å²) < 4.78 is 23.0. The van der Waals surface area contributed by atoms with Crippen molar-refractivity contribution >= 4 is 13.7 Å². The quantitative estimate of drug-likeness (QED) is 0.0259. The average Bonchev–Trinajstić information content (AvgIpc) is 3.10. The van der Waals surface area contributed by atoms with Crippen molar-refractivity contribution in [1.82, 2.24) is 5.32 Å². The molecule has 0 spiro atoms. The van der Waals surface area contributed by atoms with Gasteiger partial charge in [-0.2, -0.15) is 0 Å². The van der Waals surface area contributed by atoms with E-state index in [0.717, 1.165) is 83.5 Å². The topological polar surface area (TPSA) is 128 Å². The molecule has 0 aromatic carbocycles. The Labute approximate surface area is 323 Å². The van der Waals surface area contributed by atoms with Gasteiger partial charge in [0.15, 0.2) is 0 Å². The number of unbranched alkanes of at least 4 members (excludes halogenated alkanes) is 7. The first-order valence-corrected chi connectivity index (χ1v) is 21.4. The fourth-order valence-corrected chi connectivity index (χ4v) is 5.77. The minimum Gasteiger partial charge on any atom is -0.756 e. The summed E-state index contributed by atoms with van der Waals surface area (Å²) in [6.45, 7) is 4.01. The number of carbonyl (C=O) groups excluding carboxylic acids is 1. The first-order valence-electron chi connectivity index (χ1n) is 20.0. The lowest BCUT2D eigenvalue weighted by Crippen LogP contribution is -2.51. The molecule has 0 aliphatic rings. The van der Waals surface area contributed by atoms with Gasteiger partial charge >= 0.3 is 0 Å². The maximum atomic E-state index is 12.8. The van der Waals surface area contributed by atoms with Crippen LogP contribution < -0.4 is 10.2 Å². The Balaban J connectivity index is 4.70. The molecule has 0 rings (SSSR count). The Morgan fingerprint density at radius 3 is 1.81 bits per heavy atom. The third-order valence-corrected chi connectivity index (χ3v) is 9.22. The number of nitrogens with zero attached hydrogens (tertiary/aromatic N) is 1. The number of aliphatic hydroxyl groups is 2.